The standard InChI is InChI=1S/C13H25N3O3/c1-13(2,9-17)14-11(18)12(19)16(4)10-5-7-15(3)8-6-10/h10,17H,5-9H2,1-4H3,(H,14,18). The molecule has 1 aliphatic rings. The van der Waals surface area contributed by atoms with Crippen molar-refractivity contribution in [3.05, 3.63) is 0 Å². The maximum atomic E-state index is 12.0. The summed E-state index contributed by atoms with van der Waals surface area (Å²) in [5.41, 5.74) is -0.777. The molecule has 0 atom stereocenters. The highest BCUT2D eigenvalue weighted by Crippen LogP contribution is 2.14. The van der Waals surface area contributed by atoms with E-state index in [1.54, 1.807) is 20.9 Å². The van der Waals surface area contributed by atoms with Gasteiger partial charge in [0.15, 0.2) is 0 Å². The Morgan fingerprint density at radius 3 is 2.37 bits per heavy atom. The molecule has 1 aliphatic heterocycles. The first-order chi connectivity index (χ1) is 8.76. The molecule has 1 heterocycles. The number of aliphatic hydroxyl groups excluding tert-OH is 1. The Bertz CT molecular complexity index is 336. The molecule has 0 saturated carbocycles. The molecular weight excluding hydrogens is 246 g/mol. The topological polar surface area (TPSA) is 72.9 Å². The average Bonchev–Trinajstić information content (AvgIpc) is 2.37. The van der Waals surface area contributed by atoms with E-state index in [9.17, 15) is 9.59 Å². The number of hydrogen-bond acceptors (Lipinski definition) is 4. The summed E-state index contributed by atoms with van der Waals surface area (Å²) in [6.07, 6.45) is 1.77. The minimum atomic E-state index is -0.777. The fourth-order valence-corrected chi connectivity index (χ4v) is 2.11. The summed E-state index contributed by atoms with van der Waals surface area (Å²) in [6, 6.07) is 0.117. The third-order valence-corrected chi connectivity index (χ3v) is 3.60. The van der Waals surface area contributed by atoms with Crippen molar-refractivity contribution in [3.8, 4) is 0 Å². The Morgan fingerprint density at radius 1 is 1.37 bits per heavy atom. The van der Waals surface area contributed by atoms with E-state index in [-0.39, 0.29) is 12.6 Å². The molecular formula is C13H25N3O3. The van der Waals surface area contributed by atoms with Gasteiger partial charge in [-0.05, 0) is 46.8 Å². The molecule has 0 unspecified atom stereocenters. The smallest absolute Gasteiger partial charge is 0.311 e. The Hall–Kier alpha value is -1.14. The second-order valence-electron chi connectivity index (χ2n) is 5.95. The number of amides is 2. The molecule has 19 heavy (non-hydrogen) atoms. The fraction of sp³-hybridized carbons (Fsp3) is 0.846. The van der Waals surface area contributed by atoms with Gasteiger partial charge in [0.05, 0.1) is 12.1 Å². The molecule has 1 rings (SSSR count). The van der Waals surface area contributed by atoms with Crippen LogP contribution in [0.1, 0.15) is 26.7 Å². The molecule has 0 radical (unpaired) electrons. The number of carbonyl (C=O) groups is 2. The molecule has 1 fully saturated rings. The minimum absolute atomic E-state index is 0.117. The van der Waals surface area contributed by atoms with Gasteiger partial charge in [-0.2, -0.15) is 0 Å². The summed E-state index contributed by atoms with van der Waals surface area (Å²) in [7, 11) is 3.72. The van der Waals surface area contributed by atoms with Crippen LogP contribution in [0, 0.1) is 0 Å². The van der Waals surface area contributed by atoms with Gasteiger partial charge in [0.1, 0.15) is 0 Å². The van der Waals surface area contributed by atoms with Crippen LogP contribution >= 0.6 is 0 Å². The maximum absolute atomic E-state index is 12.0. The van der Waals surface area contributed by atoms with Crippen molar-refractivity contribution in [2.75, 3.05) is 33.8 Å². The van der Waals surface area contributed by atoms with Crippen molar-refractivity contribution >= 4 is 11.8 Å². The van der Waals surface area contributed by atoms with Crippen LogP contribution in [0.25, 0.3) is 0 Å². The summed E-state index contributed by atoms with van der Waals surface area (Å²) in [5, 5.41) is 11.6. The number of rotatable bonds is 3. The zero-order valence-electron chi connectivity index (χ0n) is 12.3. The number of nitrogens with one attached hydrogen (secondary N) is 1. The number of nitrogens with zero attached hydrogens (tertiary/aromatic N) is 2. The van der Waals surface area contributed by atoms with Gasteiger partial charge in [-0.3, -0.25) is 9.59 Å². The van der Waals surface area contributed by atoms with Crippen molar-refractivity contribution in [1.29, 1.82) is 0 Å². The third-order valence-electron chi connectivity index (χ3n) is 3.60. The highest BCUT2D eigenvalue weighted by molar-refractivity contribution is 6.35. The maximum Gasteiger partial charge on any atom is 0.311 e. The van der Waals surface area contributed by atoms with Gasteiger partial charge in [-0.25, -0.2) is 0 Å². The van der Waals surface area contributed by atoms with E-state index in [0.717, 1.165) is 25.9 Å². The SMILES string of the molecule is CN1CCC(N(C)C(=O)C(=O)NC(C)(C)CO)CC1. The summed E-state index contributed by atoms with van der Waals surface area (Å²) in [5.74, 6) is -1.18. The minimum Gasteiger partial charge on any atom is -0.394 e. The largest absolute Gasteiger partial charge is 0.394 e. The molecule has 2 N–H and O–H groups in total. The summed E-state index contributed by atoms with van der Waals surface area (Å²) < 4.78 is 0. The van der Waals surface area contributed by atoms with Crippen LogP contribution in [0.5, 0.6) is 0 Å². The van der Waals surface area contributed by atoms with E-state index in [0.29, 0.717) is 0 Å². The molecule has 110 valence electrons. The van der Waals surface area contributed by atoms with Crippen LogP contribution in [0.2, 0.25) is 0 Å². The molecule has 2 amide bonds. The Kier molecular flexibility index (Phi) is 5.31. The Balaban J connectivity index is 2.54. The number of aliphatic hydroxyl groups is 1. The quantitative estimate of drug-likeness (QED) is 0.674. The second-order valence-corrected chi connectivity index (χ2v) is 5.95. The zero-order chi connectivity index (χ0) is 14.6. The molecule has 0 aliphatic carbocycles. The van der Waals surface area contributed by atoms with E-state index >= 15 is 0 Å². The van der Waals surface area contributed by atoms with Gasteiger partial charge in [-0.1, -0.05) is 0 Å². The van der Waals surface area contributed by atoms with Crippen molar-refractivity contribution in [2.45, 2.75) is 38.3 Å². The first-order valence-electron chi connectivity index (χ1n) is 6.65. The monoisotopic (exact) mass is 271 g/mol. The van der Waals surface area contributed by atoms with Gasteiger partial charge in [0.2, 0.25) is 0 Å². The van der Waals surface area contributed by atoms with Gasteiger partial charge < -0.3 is 20.2 Å². The van der Waals surface area contributed by atoms with Crippen LogP contribution in [-0.4, -0.2) is 72.1 Å². The van der Waals surface area contributed by atoms with E-state index in [1.807, 2.05) is 0 Å². The molecule has 0 spiro atoms. The average molecular weight is 271 g/mol. The van der Waals surface area contributed by atoms with E-state index < -0.39 is 17.4 Å². The zero-order valence-corrected chi connectivity index (χ0v) is 12.3. The van der Waals surface area contributed by atoms with Crippen LogP contribution in [0.15, 0.2) is 0 Å². The number of likely N-dealkylation sites (tertiary alicyclic amines) is 1. The normalized spacial score (nSPS) is 18.2. The summed E-state index contributed by atoms with van der Waals surface area (Å²) in [6.45, 7) is 5.02. The van der Waals surface area contributed by atoms with E-state index in [2.05, 4.69) is 17.3 Å². The first kappa shape index (κ1) is 15.9. The first-order valence-corrected chi connectivity index (χ1v) is 6.65. The van der Waals surface area contributed by atoms with Gasteiger partial charge in [0.25, 0.3) is 0 Å². The van der Waals surface area contributed by atoms with Crippen LogP contribution in [-0.2, 0) is 9.59 Å². The third kappa shape index (κ3) is 4.47. The lowest BCUT2D eigenvalue weighted by Gasteiger charge is -2.35. The van der Waals surface area contributed by atoms with Crippen LogP contribution < -0.4 is 5.32 Å². The van der Waals surface area contributed by atoms with Crippen molar-refractivity contribution < 1.29 is 14.7 Å². The van der Waals surface area contributed by atoms with Gasteiger partial charge in [-0.15, -0.1) is 0 Å². The summed E-state index contributed by atoms with van der Waals surface area (Å²) in [4.78, 5) is 27.6. The molecule has 1 saturated heterocycles. The van der Waals surface area contributed by atoms with Gasteiger partial charge in [0, 0.05) is 13.1 Å². The molecule has 0 bridgehead atoms. The lowest BCUT2D eigenvalue weighted by Crippen LogP contribution is -2.54. The number of carbonyl (C=O) groups excluding carboxylic acids is 2. The number of likely N-dealkylation sites (N-methyl/N-ethyl adjacent to an activating group) is 1. The molecule has 0 aromatic heterocycles. The lowest BCUT2D eigenvalue weighted by atomic mass is 10.0. The van der Waals surface area contributed by atoms with Crippen LogP contribution in [0.3, 0.4) is 0 Å². The molecule has 0 aromatic rings. The number of piperidine rings is 1. The summed E-state index contributed by atoms with van der Waals surface area (Å²) >= 11 is 0. The van der Waals surface area contributed by atoms with E-state index in [4.69, 9.17) is 5.11 Å². The lowest BCUT2D eigenvalue weighted by molar-refractivity contribution is -0.148. The van der Waals surface area contributed by atoms with E-state index in [1.165, 1.54) is 4.90 Å². The van der Waals surface area contributed by atoms with Crippen LogP contribution in [0.4, 0.5) is 0 Å². The highest BCUT2D eigenvalue weighted by atomic mass is 16.3. The Morgan fingerprint density at radius 2 is 1.89 bits per heavy atom. The predicted octanol–water partition coefficient (Wildman–Crippen LogP) is -0.574. The van der Waals surface area contributed by atoms with Gasteiger partial charge >= 0.3 is 11.8 Å². The molecule has 6 heteroatoms. The second kappa shape index (κ2) is 6.34. The Labute approximate surface area is 114 Å². The van der Waals surface area contributed by atoms with Crippen molar-refractivity contribution in [2.24, 2.45) is 0 Å². The number of hydrogen-bond donors (Lipinski definition) is 2. The predicted molar refractivity (Wildman–Crippen MR) is 72.6 cm³/mol. The highest BCUT2D eigenvalue weighted by Gasteiger charge is 2.30. The molecule has 6 nitrogen and oxygen atoms in total. The van der Waals surface area contributed by atoms with Crippen molar-refractivity contribution in [1.82, 2.24) is 15.1 Å². The molecule has 0 aromatic carbocycles. The van der Waals surface area contributed by atoms with Crippen molar-refractivity contribution in [3.63, 3.8) is 0 Å². The fourth-order valence-electron chi connectivity index (χ4n) is 2.11.